The molecule has 1 aliphatic heterocycles. The largest absolute Gasteiger partial charge is 0.495 e. The van der Waals surface area contributed by atoms with Gasteiger partial charge in [0.25, 0.3) is 0 Å². The lowest BCUT2D eigenvalue weighted by molar-refractivity contribution is -0.131. The van der Waals surface area contributed by atoms with Gasteiger partial charge < -0.3 is 19.9 Å². The van der Waals surface area contributed by atoms with Crippen molar-refractivity contribution in [3.05, 3.63) is 53.6 Å². The Morgan fingerprint density at radius 3 is 2.52 bits per heavy atom. The van der Waals surface area contributed by atoms with Crippen molar-refractivity contribution in [3.63, 3.8) is 0 Å². The van der Waals surface area contributed by atoms with E-state index in [1.807, 2.05) is 23.1 Å². The van der Waals surface area contributed by atoms with Crippen LogP contribution in [0, 0.1) is 13.8 Å². The highest BCUT2D eigenvalue weighted by Gasteiger charge is 2.22. The Morgan fingerprint density at radius 2 is 1.81 bits per heavy atom. The Morgan fingerprint density at radius 1 is 1.07 bits per heavy atom. The Balaban J connectivity index is 1.47. The number of methoxy groups -OCH3 is 1. The van der Waals surface area contributed by atoms with E-state index in [2.05, 4.69) is 48.3 Å². The molecule has 0 unspecified atom stereocenters. The first-order chi connectivity index (χ1) is 13.1. The molecule has 1 aliphatic rings. The molecule has 0 aromatic heterocycles. The zero-order chi connectivity index (χ0) is 19.2. The number of hydrogen-bond donors (Lipinski definition) is 1. The second kappa shape index (κ2) is 8.80. The van der Waals surface area contributed by atoms with Gasteiger partial charge in [0.15, 0.2) is 0 Å². The number of para-hydroxylation sites is 2. The lowest BCUT2D eigenvalue weighted by Gasteiger charge is -2.36. The first-order valence-corrected chi connectivity index (χ1v) is 9.55. The standard InChI is InChI=1S/C22H29N3O2/c1-17-8-9-19(18(2)16-17)23-11-10-22(26)25-14-12-24(13-15-25)20-6-4-5-7-21(20)27-3/h4-9,16,23H,10-15H2,1-3H3. The number of nitrogens with one attached hydrogen (secondary N) is 1. The molecule has 5 nitrogen and oxygen atoms in total. The first kappa shape index (κ1) is 19.1. The average Bonchev–Trinajstić information content (AvgIpc) is 2.69. The number of benzene rings is 2. The maximum Gasteiger partial charge on any atom is 0.224 e. The molecular weight excluding hydrogens is 338 g/mol. The smallest absolute Gasteiger partial charge is 0.224 e. The molecule has 1 amide bonds. The van der Waals surface area contributed by atoms with Gasteiger partial charge in [-0.2, -0.15) is 0 Å². The zero-order valence-electron chi connectivity index (χ0n) is 16.5. The van der Waals surface area contributed by atoms with Gasteiger partial charge in [-0.3, -0.25) is 4.79 Å². The summed E-state index contributed by atoms with van der Waals surface area (Å²) in [5.41, 5.74) is 4.67. The van der Waals surface area contributed by atoms with Gasteiger partial charge in [0, 0.05) is 44.8 Å². The van der Waals surface area contributed by atoms with Crippen LogP contribution in [0.15, 0.2) is 42.5 Å². The number of nitrogens with zero attached hydrogens (tertiary/aromatic N) is 2. The molecule has 1 heterocycles. The van der Waals surface area contributed by atoms with Gasteiger partial charge in [-0.05, 0) is 37.6 Å². The fourth-order valence-electron chi connectivity index (χ4n) is 3.56. The fraction of sp³-hybridized carbons (Fsp3) is 0.409. The Hall–Kier alpha value is -2.69. The normalized spacial score (nSPS) is 14.2. The molecule has 27 heavy (non-hydrogen) atoms. The number of carbonyl (C=O) groups excluding carboxylic acids is 1. The predicted molar refractivity (Wildman–Crippen MR) is 111 cm³/mol. The maximum absolute atomic E-state index is 12.5. The lowest BCUT2D eigenvalue weighted by Crippen LogP contribution is -2.49. The highest BCUT2D eigenvalue weighted by atomic mass is 16.5. The topological polar surface area (TPSA) is 44.8 Å². The first-order valence-electron chi connectivity index (χ1n) is 9.55. The quantitative estimate of drug-likeness (QED) is 0.849. The number of hydrogen-bond acceptors (Lipinski definition) is 4. The highest BCUT2D eigenvalue weighted by Crippen LogP contribution is 2.28. The molecule has 144 valence electrons. The van der Waals surface area contributed by atoms with Crippen LogP contribution in [-0.2, 0) is 4.79 Å². The highest BCUT2D eigenvalue weighted by molar-refractivity contribution is 5.77. The summed E-state index contributed by atoms with van der Waals surface area (Å²) in [6, 6.07) is 14.4. The second-order valence-electron chi connectivity index (χ2n) is 7.03. The molecule has 0 bridgehead atoms. The van der Waals surface area contributed by atoms with E-state index < -0.39 is 0 Å². The van der Waals surface area contributed by atoms with Crippen LogP contribution in [0.5, 0.6) is 5.75 Å². The van der Waals surface area contributed by atoms with Crippen LogP contribution < -0.4 is 15.0 Å². The second-order valence-corrected chi connectivity index (χ2v) is 7.03. The van der Waals surface area contributed by atoms with Gasteiger partial charge in [0.05, 0.1) is 12.8 Å². The summed E-state index contributed by atoms with van der Waals surface area (Å²) >= 11 is 0. The zero-order valence-corrected chi connectivity index (χ0v) is 16.5. The SMILES string of the molecule is COc1ccccc1N1CCN(C(=O)CCNc2ccc(C)cc2C)CC1. The van der Waals surface area contributed by atoms with Crippen molar-refractivity contribution >= 4 is 17.3 Å². The summed E-state index contributed by atoms with van der Waals surface area (Å²) in [7, 11) is 1.70. The van der Waals surface area contributed by atoms with Crippen molar-refractivity contribution in [2.75, 3.05) is 50.1 Å². The molecule has 2 aromatic rings. The van der Waals surface area contributed by atoms with Crippen LogP contribution >= 0.6 is 0 Å². The molecular formula is C22H29N3O2. The van der Waals surface area contributed by atoms with Crippen LogP contribution in [0.3, 0.4) is 0 Å². The van der Waals surface area contributed by atoms with Gasteiger partial charge in [0.1, 0.15) is 5.75 Å². The lowest BCUT2D eigenvalue weighted by atomic mass is 10.1. The van der Waals surface area contributed by atoms with Gasteiger partial charge in [-0.15, -0.1) is 0 Å². The van der Waals surface area contributed by atoms with E-state index in [1.54, 1.807) is 7.11 Å². The van der Waals surface area contributed by atoms with Crippen molar-refractivity contribution in [1.29, 1.82) is 0 Å². The third-order valence-electron chi connectivity index (χ3n) is 5.09. The molecule has 0 spiro atoms. The van der Waals surface area contributed by atoms with Gasteiger partial charge in [-0.1, -0.05) is 29.8 Å². The third kappa shape index (κ3) is 4.73. The summed E-state index contributed by atoms with van der Waals surface area (Å²) < 4.78 is 5.45. The summed E-state index contributed by atoms with van der Waals surface area (Å²) in [6.45, 7) is 8.00. The Kier molecular flexibility index (Phi) is 6.22. The maximum atomic E-state index is 12.5. The monoisotopic (exact) mass is 367 g/mol. The van der Waals surface area contributed by atoms with Crippen LogP contribution in [0.25, 0.3) is 0 Å². The summed E-state index contributed by atoms with van der Waals surface area (Å²) in [4.78, 5) is 16.8. The molecule has 1 fully saturated rings. The van der Waals surface area contributed by atoms with Crippen molar-refractivity contribution in [2.45, 2.75) is 20.3 Å². The minimum absolute atomic E-state index is 0.215. The van der Waals surface area contributed by atoms with Gasteiger partial charge in [-0.25, -0.2) is 0 Å². The molecule has 0 radical (unpaired) electrons. The van der Waals surface area contributed by atoms with Crippen LogP contribution in [0.2, 0.25) is 0 Å². The van der Waals surface area contributed by atoms with Gasteiger partial charge >= 0.3 is 0 Å². The van der Waals surface area contributed by atoms with E-state index in [0.29, 0.717) is 13.0 Å². The van der Waals surface area contributed by atoms with Gasteiger partial charge in [0.2, 0.25) is 5.91 Å². The van der Waals surface area contributed by atoms with Crippen molar-refractivity contribution in [3.8, 4) is 5.75 Å². The molecule has 0 aliphatic carbocycles. The third-order valence-corrected chi connectivity index (χ3v) is 5.09. The molecule has 5 heteroatoms. The molecule has 0 atom stereocenters. The number of ether oxygens (including phenoxy) is 1. The molecule has 1 saturated heterocycles. The van der Waals surface area contributed by atoms with Crippen LogP contribution in [0.1, 0.15) is 17.5 Å². The molecule has 3 rings (SSSR count). The minimum Gasteiger partial charge on any atom is -0.495 e. The Bertz CT molecular complexity index is 783. The predicted octanol–water partition coefficient (Wildman–Crippen LogP) is 3.46. The number of carbonyl (C=O) groups is 1. The summed E-state index contributed by atoms with van der Waals surface area (Å²) in [6.07, 6.45) is 0.516. The molecule has 0 saturated carbocycles. The number of amides is 1. The van der Waals surface area contributed by atoms with E-state index in [1.165, 1.54) is 11.1 Å². The number of rotatable bonds is 6. The summed E-state index contributed by atoms with van der Waals surface area (Å²) in [5.74, 6) is 1.10. The van der Waals surface area contributed by atoms with Crippen LogP contribution in [0.4, 0.5) is 11.4 Å². The van der Waals surface area contributed by atoms with Crippen molar-refractivity contribution in [2.24, 2.45) is 0 Å². The van der Waals surface area contributed by atoms with E-state index in [0.717, 1.165) is 43.3 Å². The number of aryl methyl sites for hydroxylation is 2. The van der Waals surface area contributed by atoms with Crippen molar-refractivity contribution in [1.82, 2.24) is 4.90 Å². The molecule has 2 aromatic carbocycles. The van der Waals surface area contributed by atoms with E-state index >= 15 is 0 Å². The average molecular weight is 367 g/mol. The van der Waals surface area contributed by atoms with Crippen molar-refractivity contribution < 1.29 is 9.53 Å². The summed E-state index contributed by atoms with van der Waals surface area (Å²) in [5, 5.41) is 3.39. The number of anilines is 2. The van der Waals surface area contributed by atoms with E-state index in [9.17, 15) is 4.79 Å². The van der Waals surface area contributed by atoms with Crippen LogP contribution in [-0.4, -0.2) is 50.6 Å². The minimum atomic E-state index is 0.215. The van der Waals surface area contributed by atoms with E-state index in [-0.39, 0.29) is 5.91 Å². The Labute approximate surface area is 161 Å². The number of piperazine rings is 1. The fourth-order valence-corrected chi connectivity index (χ4v) is 3.56. The van der Waals surface area contributed by atoms with E-state index in [4.69, 9.17) is 4.74 Å². The molecule has 1 N–H and O–H groups in total.